The average Bonchev–Trinajstić information content (AvgIpc) is 3.19. The summed E-state index contributed by atoms with van der Waals surface area (Å²) in [5.74, 6) is -1.09. The van der Waals surface area contributed by atoms with Crippen LogP contribution in [0.1, 0.15) is 21.6 Å². The second-order valence-corrected chi connectivity index (χ2v) is 9.88. The number of carboxylic acid groups (broad SMARTS) is 1. The Balaban J connectivity index is 1.86. The molecule has 0 saturated heterocycles. The van der Waals surface area contributed by atoms with Crippen LogP contribution >= 0.6 is 0 Å². The Morgan fingerprint density at radius 1 is 1.00 bits per heavy atom. The summed E-state index contributed by atoms with van der Waals surface area (Å²) < 4.78 is 46.4. The van der Waals surface area contributed by atoms with Gasteiger partial charge < -0.3 is 14.4 Å². The number of hydrogen-bond donors (Lipinski definition) is 1. The number of carboxylic acids is 1. The summed E-state index contributed by atoms with van der Waals surface area (Å²) in [6, 6.07) is 20.9. The van der Waals surface area contributed by atoms with Crippen molar-refractivity contribution in [1.82, 2.24) is 4.57 Å². The Kier molecular flexibility index (Phi) is 6.26. The summed E-state index contributed by atoms with van der Waals surface area (Å²) in [5, 5.41) is 9.41. The van der Waals surface area contributed by atoms with Gasteiger partial charge in [-0.25, -0.2) is 17.6 Å². The maximum Gasteiger partial charge on any atom is 0.335 e. The van der Waals surface area contributed by atoms with E-state index in [1.165, 1.54) is 24.3 Å². The molecule has 4 aromatic rings. The third kappa shape index (κ3) is 4.72. The molecule has 0 bridgehead atoms. The summed E-state index contributed by atoms with van der Waals surface area (Å²) in [7, 11) is -3.52. The summed E-state index contributed by atoms with van der Waals surface area (Å²) in [6.45, 7) is 1.81. The number of hydrogen-bond acceptors (Lipinski definition) is 4. The van der Waals surface area contributed by atoms with Crippen LogP contribution in [-0.4, -0.2) is 30.3 Å². The van der Waals surface area contributed by atoms with Gasteiger partial charge in [0.25, 0.3) is 0 Å². The predicted molar refractivity (Wildman–Crippen MR) is 127 cm³/mol. The highest BCUT2D eigenvalue weighted by Gasteiger charge is 2.19. The van der Waals surface area contributed by atoms with Gasteiger partial charge in [-0.05, 0) is 61.5 Å². The van der Waals surface area contributed by atoms with Crippen molar-refractivity contribution in [3.05, 3.63) is 102 Å². The van der Waals surface area contributed by atoms with Gasteiger partial charge in [-0.1, -0.05) is 24.3 Å². The van der Waals surface area contributed by atoms with E-state index in [2.05, 4.69) is 0 Å². The zero-order valence-electron chi connectivity index (χ0n) is 18.5. The van der Waals surface area contributed by atoms with Crippen molar-refractivity contribution in [1.29, 1.82) is 0 Å². The number of sulfone groups is 1. The van der Waals surface area contributed by atoms with Gasteiger partial charge in [0.1, 0.15) is 18.2 Å². The van der Waals surface area contributed by atoms with Crippen molar-refractivity contribution >= 4 is 15.8 Å². The molecule has 174 valence electrons. The lowest BCUT2D eigenvalue weighted by molar-refractivity contribution is 0.0697. The Morgan fingerprint density at radius 2 is 1.76 bits per heavy atom. The quantitative estimate of drug-likeness (QED) is 0.390. The molecule has 34 heavy (non-hydrogen) atoms. The average molecular weight is 480 g/mol. The molecule has 0 saturated carbocycles. The molecule has 0 unspecified atom stereocenters. The molecule has 3 aromatic carbocycles. The standard InChI is InChI=1S/C26H22FNO5S/c1-17-10-12-24(28(17)20-8-5-7-18(14-20)26(29)30)22-15-21(34(2,31)32)11-13-25(22)33-16-19-6-3-4-9-23(19)27/h3-15H,16H2,1-2H3,(H,29,30). The molecular weight excluding hydrogens is 457 g/mol. The number of aromatic nitrogens is 1. The highest BCUT2D eigenvalue weighted by atomic mass is 32.2. The lowest BCUT2D eigenvalue weighted by atomic mass is 10.1. The van der Waals surface area contributed by atoms with E-state index in [9.17, 15) is 22.7 Å². The summed E-state index contributed by atoms with van der Waals surface area (Å²) in [4.78, 5) is 11.6. The molecule has 0 spiro atoms. The minimum absolute atomic E-state index is 0.0495. The Hall–Kier alpha value is -3.91. The highest BCUT2D eigenvalue weighted by molar-refractivity contribution is 7.90. The number of rotatable bonds is 7. The topological polar surface area (TPSA) is 85.6 Å². The fraction of sp³-hybridized carbons (Fsp3) is 0.115. The van der Waals surface area contributed by atoms with E-state index in [0.717, 1.165) is 11.9 Å². The van der Waals surface area contributed by atoms with Crippen LogP contribution in [0.15, 0.2) is 83.8 Å². The third-order valence-electron chi connectivity index (χ3n) is 5.42. The first-order valence-electron chi connectivity index (χ1n) is 10.4. The molecule has 8 heteroatoms. The number of carbonyl (C=O) groups is 1. The highest BCUT2D eigenvalue weighted by Crippen LogP contribution is 2.36. The largest absolute Gasteiger partial charge is 0.488 e. The normalized spacial score (nSPS) is 11.4. The molecule has 0 aliphatic heterocycles. The van der Waals surface area contributed by atoms with Crippen LogP contribution in [-0.2, 0) is 16.4 Å². The second-order valence-electron chi connectivity index (χ2n) is 7.86. The zero-order chi connectivity index (χ0) is 24.5. The molecule has 6 nitrogen and oxygen atoms in total. The van der Waals surface area contributed by atoms with Crippen LogP contribution in [0.3, 0.4) is 0 Å². The van der Waals surface area contributed by atoms with Crippen molar-refractivity contribution in [3.8, 4) is 22.7 Å². The van der Waals surface area contributed by atoms with Gasteiger partial charge in [0.05, 0.1) is 16.2 Å². The van der Waals surface area contributed by atoms with Crippen LogP contribution in [0.5, 0.6) is 5.75 Å². The zero-order valence-corrected chi connectivity index (χ0v) is 19.3. The number of aryl methyl sites for hydroxylation is 1. The monoisotopic (exact) mass is 479 g/mol. The summed E-state index contributed by atoms with van der Waals surface area (Å²) >= 11 is 0. The SMILES string of the molecule is Cc1ccc(-c2cc(S(C)(=O)=O)ccc2OCc2ccccc2F)n1-c1cccc(C(=O)O)c1. The first kappa shape index (κ1) is 23.3. The van der Waals surface area contributed by atoms with Crippen molar-refractivity contribution < 1.29 is 27.4 Å². The van der Waals surface area contributed by atoms with Crippen molar-refractivity contribution in [3.63, 3.8) is 0 Å². The molecule has 0 atom stereocenters. The van der Waals surface area contributed by atoms with E-state index in [1.54, 1.807) is 48.5 Å². The second kappa shape index (κ2) is 9.15. The predicted octanol–water partition coefficient (Wildman–Crippen LogP) is 5.27. The van der Waals surface area contributed by atoms with E-state index in [-0.39, 0.29) is 17.1 Å². The van der Waals surface area contributed by atoms with Crippen LogP contribution in [0.25, 0.3) is 16.9 Å². The number of ether oxygens (including phenoxy) is 1. The smallest absolute Gasteiger partial charge is 0.335 e. The van der Waals surface area contributed by atoms with Gasteiger partial charge in [0.2, 0.25) is 0 Å². The van der Waals surface area contributed by atoms with Crippen molar-refractivity contribution in [2.45, 2.75) is 18.4 Å². The first-order chi connectivity index (χ1) is 16.1. The van der Waals surface area contributed by atoms with E-state index in [0.29, 0.717) is 28.3 Å². The number of benzene rings is 3. The first-order valence-corrected chi connectivity index (χ1v) is 12.3. The lowest BCUT2D eigenvalue weighted by Gasteiger charge is -2.17. The van der Waals surface area contributed by atoms with E-state index in [4.69, 9.17) is 4.74 Å². The van der Waals surface area contributed by atoms with Crippen LogP contribution < -0.4 is 4.74 Å². The van der Waals surface area contributed by atoms with Crippen LogP contribution in [0.4, 0.5) is 4.39 Å². The number of nitrogens with zero attached hydrogens (tertiary/aromatic N) is 1. The Labute approximate surface area is 196 Å². The van der Waals surface area contributed by atoms with Gasteiger partial charge in [-0.15, -0.1) is 0 Å². The van der Waals surface area contributed by atoms with Crippen LogP contribution in [0.2, 0.25) is 0 Å². The molecule has 0 aliphatic carbocycles. The molecule has 1 heterocycles. The number of halogens is 1. The molecule has 0 aliphatic rings. The van der Waals surface area contributed by atoms with Gasteiger partial charge in [-0.3, -0.25) is 0 Å². The minimum Gasteiger partial charge on any atom is -0.488 e. The van der Waals surface area contributed by atoms with Gasteiger partial charge in [0.15, 0.2) is 9.84 Å². The molecule has 0 amide bonds. The summed E-state index contributed by atoms with van der Waals surface area (Å²) in [5.41, 5.74) is 2.98. The van der Waals surface area contributed by atoms with E-state index < -0.39 is 21.6 Å². The minimum atomic E-state index is -3.52. The molecule has 1 aromatic heterocycles. The molecule has 0 radical (unpaired) electrons. The summed E-state index contributed by atoms with van der Waals surface area (Å²) in [6.07, 6.45) is 1.12. The molecular formula is C26H22FNO5S. The third-order valence-corrected chi connectivity index (χ3v) is 6.53. The van der Waals surface area contributed by atoms with Crippen molar-refractivity contribution in [2.24, 2.45) is 0 Å². The van der Waals surface area contributed by atoms with E-state index >= 15 is 0 Å². The fourth-order valence-corrected chi connectivity index (χ4v) is 4.35. The van der Waals surface area contributed by atoms with E-state index in [1.807, 2.05) is 17.6 Å². The van der Waals surface area contributed by atoms with Crippen LogP contribution in [0, 0.1) is 12.7 Å². The van der Waals surface area contributed by atoms with Gasteiger partial charge in [-0.2, -0.15) is 0 Å². The maximum atomic E-state index is 14.1. The Morgan fingerprint density at radius 3 is 2.47 bits per heavy atom. The van der Waals surface area contributed by atoms with Gasteiger partial charge >= 0.3 is 5.97 Å². The molecule has 1 N–H and O–H groups in total. The molecule has 4 rings (SSSR count). The number of aromatic carboxylic acids is 1. The maximum absolute atomic E-state index is 14.1. The van der Waals surface area contributed by atoms with Crippen molar-refractivity contribution in [2.75, 3.05) is 6.26 Å². The lowest BCUT2D eigenvalue weighted by Crippen LogP contribution is -2.05. The fourth-order valence-electron chi connectivity index (χ4n) is 3.71. The Bertz CT molecular complexity index is 1490. The van der Waals surface area contributed by atoms with Gasteiger partial charge in [0, 0.05) is 28.8 Å². The molecule has 0 fully saturated rings.